The van der Waals surface area contributed by atoms with E-state index in [0.29, 0.717) is 0 Å². The number of hydrogen-bond donors (Lipinski definition) is 0. The minimum atomic E-state index is 0. The molecule has 0 fully saturated rings. The minimum absolute atomic E-state index is 0. The molecule has 142 valence electrons. The predicted octanol–water partition coefficient (Wildman–Crippen LogP) is 7.82. The van der Waals surface area contributed by atoms with E-state index in [4.69, 9.17) is 0 Å². The number of unbranched alkanes of at least 4 members (excludes halogenated alkanes) is 13. The molecule has 0 atom stereocenters. The zero-order chi connectivity index (χ0) is 16.6. The first-order chi connectivity index (χ1) is 11.3. The number of rotatable bonds is 15. The van der Waals surface area contributed by atoms with Gasteiger partial charge in [0.2, 0.25) is 0 Å². The highest BCUT2D eigenvalue weighted by atomic mass is 79.9. The van der Waals surface area contributed by atoms with E-state index < -0.39 is 0 Å². The molecule has 0 saturated carbocycles. The fourth-order valence-corrected chi connectivity index (χ4v) is 3.29. The van der Waals surface area contributed by atoms with Crippen molar-refractivity contribution in [2.75, 3.05) is 13.1 Å². The van der Waals surface area contributed by atoms with E-state index in [1.165, 1.54) is 102 Å². The van der Waals surface area contributed by atoms with Gasteiger partial charge in [0.15, 0.2) is 0 Å². The van der Waals surface area contributed by atoms with E-state index in [1.54, 1.807) is 0 Å². The van der Waals surface area contributed by atoms with Gasteiger partial charge in [-0.15, -0.1) is 17.0 Å². The summed E-state index contributed by atoms with van der Waals surface area (Å²) >= 11 is 0. The third-order valence-corrected chi connectivity index (χ3v) is 4.99. The van der Waals surface area contributed by atoms with E-state index >= 15 is 0 Å². The molecular weight excluding hydrogens is 358 g/mol. The molecule has 1 rings (SSSR count). The summed E-state index contributed by atoms with van der Waals surface area (Å²) in [6.07, 6.45) is 27.0. The smallest absolute Gasteiger partial charge is 0.0359 e. The maximum absolute atomic E-state index is 2.44. The molecule has 0 radical (unpaired) electrons. The molecule has 1 nitrogen and oxygen atoms in total. The standard InChI is InChI=1S/C22H41N.BrH/c1-3-4-5-6-7-8-9-10-11-12-13-14-15-16-19-23-20-17-22(2)18-21-23;/h17-18,20H,3-16,19,21H2,1-2H3;1H. The second kappa shape index (κ2) is 17.6. The van der Waals surface area contributed by atoms with Crippen molar-refractivity contribution in [1.82, 2.24) is 4.90 Å². The molecule has 0 amide bonds. The lowest BCUT2D eigenvalue weighted by molar-refractivity contribution is 0.390. The summed E-state index contributed by atoms with van der Waals surface area (Å²) in [7, 11) is 0. The quantitative estimate of drug-likeness (QED) is 0.253. The van der Waals surface area contributed by atoms with Crippen LogP contribution in [0.25, 0.3) is 0 Å². The Morgan fingerprint density at radius 1 is 0.750 bits per heavy atom. The normalized spacial score (nSPS) is 13.8. The maximum atomic E-state index is 2.44. The van der Waals surface area contributed by atoms with Gasteiger partial charge in [-0.25, -0.2) is 0 Å². The summed E-state index contributed by atoms with van der Waals surface area (Å²) in [4.78, 5) is 2.44. The lowest BCUT2D eigenvalue weighted by atomic mass is 10.0. The molecule has 1 aliphatic heterocycles. The Morgan fingerprint density at radius 3 is 1.62 bits per heavy atom. The van der Waals surface area contributed by atoms with Gasteiger partial charge in [-0.3, -0.25) is 0 Å². The van der Waals surface area contributed by atoms with Crippen LogP contribution in [0.15, 0.2) is 23.9 Å². The van der Waals surface area contributed by atoms with Crippen LogP contribution in [0.3, 0.4) is 0 Å². The topological polar surface area (TPSA) is 3.24 Å². The number of nitrogens with zero attached hydrogens (tertiary/aromatic N) is 1. The first-order valence-electron chi connectivity index (χ1n) is 10.4. The third kappa shape index (κ3) is 14.1. The summed E-state index contributed by atoms with van der Waals surface area (Å²) in [6.45, 7) is 6.82. The van der Waals surface area contributed by atoms with Crippen molar-refractivity contribution < 1.29 is 0 Å². The van der Waals surface area contributed by atoms with Crippen LogP contribution in [0.2, 0.25) is 0 Å². The van der Waals surface area contributed by atoms with Crippen molar-refractivity contribution in [3.05, 3.63) is 23.9 Å². The summed E-state index contributed by atoms with van der Waals surface area (Å²) in [5.74, 6) is 0. The van der Waals surface area contributed by atoms with Gasteiger partial charge >= 0.3 is 0 Å². The number of allylic oxidation sites excluding steroid dienone is 2. The lowest BCUT2D eigenvalue weighted by Crippen LogP contribution is -2.20. The Hall–Kier alpha value is -0.240. The molecule has 1 heterocycles. The van der Waals surface area contributed by atoms with Crippen LogP contribution in [-0.4, -0.2) is 18.0 Å². The van der Waals surface area contributed by atoms with Gasteiger partial charge in [0.1, 0.15) is 0 Å². The molecular formula is C22H42BrN. The van der Waals surface area contributed by atoms with Crippen molar-refractivity contribution in [2.45, 2.75) is 104 Å². The molecule has 0 aromatic carbocycles. The van der Waals surface area contributed by atoms with Crippen LogP contribution < -0.4 is 0 Å². The summed E-state index contributed by atoms with van der Waals surface area (Å²) in [5, 5.41) is 0. The predicted molar refractivity (Wildman–Crippen MR) is 115 cm³/mol. The average Bonchev–Trinajstić information content (AvgIpc) is 2.57. The van der Waals surface area contributed by atoms with Crippen molar-refractivity contribution in [1.29, 1.82) is 0 Å². The van der Waals surface area contributed by atoms with E-state index in [-0.39, 0.29) is 17.0 Å². The van der Waals surface area contributed by atoms with Crippen LogP contribution >= 0.6 is 17.0 Å². The fraction of sp³-hybridized carbons (Fsp3) is 0.818. The Bertz CT molecular complexity index is 322. The third-order valence-electron chi connectivity index (χ3n) is 4.99. The van der Waals surface area contributed by atoms with E-state index in [1.807, 2.05) is 0 Å². The minimum Gasteiger partial charge on any atom is -0.374 e. The fourth-order valence-electron chi connectivity index (χ4n) is 3.29. The van der Waals surface area contributed by atoms with E-state index in [0.717, 1.165) is 6.54 Å². The molecule has 0 spiro atoms. The monoisotopic (exact) mass is 399 g/mol. The number of halogens is 1. The van der Waals surface area contributed by atoms with Crippen molar-refractivity contribution in [2.24, 2.45) is 0 Å². The molecule has 0 N–H and O–H groups in total. The summed E-state index contributed by atoms with van der Waals surface area (Å²) in [6, 6.07) is 0. The molecule has 0 aromatic heterocycles. The summed E-state index contributed by atoms with van der Waals surface area (Å²) < 4.78 is 0. The van der Waals surface area contributed by atoms with Gasteiger partial charge in [0, 0.05) is 13.1 Å². The second-order valence-corrected chi connectivity index (χ2v) is 7.36. The Kier molecular flexibility index (Phi) is 17.4. The zero-order valence-electron chi connectivity index (χ0n) is 16.4. The van der Waals surface area contributed by atoms with Gasteiger partial charge in [-0.2, -0.15) is 0 Å². The van der Waals surface area contributed by atoms with Crippen LogP contribution in [0, 0.1) is 0 Å². The van der Waals surface area contributed by atoms with Crippen molar-refractivity contribution >= 4 is 17.0 Å². The molecule has 0 aromatic rings. The highest BCUT2D eigenvalue weighted by Gasteiger charge is 2.01. The first-order valence-corrected chi connectivity index (χ1v) is 10.4. The molecule has 2 heteroatoms. The SMILES string of the molecule is Br.CCCCCCCCCCCCCCCCN1C=CC(C)=CC1. The molecule has 0 unspecified atom stereocenters. The van der Waals surface area contributed by atoms with Crippen LogP contribution in [0.4, 0.5) is 0 Å². The lowest BCUT2D eigenvalue weighted by Gasteiger charge is -2.21. The van der Waals surface area contributed by atoms with Crippen LogP contribution in [0.5, 0.6) is 0 Å². The van der Waals surface area contributed by atoms with Crippen LogP contribution in [-0.2, 0) is 0 Å². The molecule has 0 bridgehead atoms. The van der Waals surface area contributed by atoms with Crippen molar-refractivity contribution in [3.63, 3.8) is 0 Å². The second-order valence-electron chi connectivity index (χ2n) is 7.36. The first kappa shape index (κ1) is 23.8. The molecule has 0 aliphatic carbocycles. The Labute approximate surface area is 162 Å². The van der Waals surface area contributed by atoms with Gasteiger partial charge in [-0.1, -0.05) is 102 Å². The highest BCUT2D eigenvalue weighted by molar-refractivity contribution is 8.93. The largest absolute Gasteiger partial charge is 0.374 e. The molecule has 0 saturated heterocycles. The zero-order valence-corrected chi connectivity index (χ0v) is 18.1. The highest BCUT2D eigenvalue weighted by Crippen LogP contribution is 2.13. The Morgan fingerprint density at radius 2 is 1.21 bits per heavy atom. The van der Waals surface area contributed by atoms with Gasteiger partial charge in [0.25, 0.3) is 0 Å². The maximum Gasteiger partial charge on any atom is 0.0359 e. The Balaban J connectivity index is 0.00000529. The molecule has 24 heavy (non-hydrogen) atoms. The van der Waals surface area contributed by atoms with Gasteiger partial charge in [-0.05, 0) is 25.6 Å². The van der Waals surface area contributed by atoms with Crippen LogP contribution in [0.1, 0.15) is 104 Å². The van der Waals surface area contributed by atoms with Gasteiger partial charge < -0.3 is 4.90 Å². The van der Waals surface area contributed by atoms with E-state index in [9.17, 15) is 0 Å². The van der Waals surface area contributed by atoms with Gasteiger partial charge in [0.05, 0.1) is 0 Å². The summed E-state index contributed by atoms with van der Waals surface area (Å²) in [5.41, 5.74) is 1.40. The van der Waals surface area contributed by atoms with Crippen molar-refractivity contribution in [3.8, 4) is 0 Å². The number of hydrogen-bond acceptors (Lipinski definition) is 1. The van der Waals surface area contributed by atoms with E-state index in [2.05, 4.69) is 37.1 Å². The average molecular weight is 400 g/mol. The molecule has 1 aliphatic rings.